The highest BCUT2D eigenvalue weighted by Crippen LogP contribution is 2.04. The number of hydrogen-bond donors (Lipinski definition) is 3. The van der Waals surface area contributed by atoms with Crippen LogP contribution in [-0.2, 0) is 13.0 Å². The van der Waals surface area contributed by atoms with Crippen molar-refractivity contribution in [2.45, 2.75) is 26.8 Å². The number of nitrogens with zero attached hydrogens (tertiary/aromatic N) is 4. The maximum Gasteiger partial charge on any atom is 0.312 e. The molecular formula is C11H17N7O. The maximum atomic E-state index is 10.5. The molecular weight excluding hydrogens is 246 g/mol. The Morgan fingerprint density at radius 1 is 1.53 bits per heavy atom. The molecule has 2 amide bonds. The lowest BCUT2D eigenvalue weighted by Gasteiger charge is -1.97. The molecule has 0 spiro atoms. The summed E-state index contributed by atoms with van der Waals surface area (Å²) in [6.07, 6.45) is 2.43. The molecule has 2 rings (SSSR count). The van der Waals surface area contributed by atoms with Gasteiger partial charge in [0.25, 0.3) is 0 Å². The molecule has 0 fully saturated rings. The summed E-state index contributed by atoms with van der Waals surface area (Å²) in [7, 11) is 0. The fourth-order valence-corrected chi connectivity index (χ4v) is 1.69. The van der Waals surface area contributed by atoms with Gasteiger partial charge < -0.3 is 16.0 Å². The molecule has 8 nitrogen and oxygen atoms in total. The van der Waals surface area contributed by atoms with Crippen molar-refractivity contribution in [3.8, 4) is 0 Å². The van der Waals surface area contributed by atoms with E-state index in [-0.39, 0.29) is 0 Å². The maximum absolute atomic E-state index is 10.5. The molecule has 0 bridgehead atoms. The summed E-state index contributed by atoms with van der Waals surface area (Å²) in [4.78, 5) is 18.1. The van der Waals surface area contributed by atoms with Gasteiger partial charge in [-0.15, -0.1) is 5.10 Å². The number of nitrogens with one attached hydrogen (secondary N) is 2. The van der Waals surface area contributed by atoms with Gasteiger partial charge in [0.1, 0.15) is 12.4 Å². The number of urea groups is 1. The van der Waals surface area contributed by atoms with Crippen molar-refractivity contribution in [2.75, 3.05) is 6.54 Å². The highest BCUT2D eigenvalue weighted by atomic mass is 16.2. The number of primary amides is 1. The molecule has 2 aromatic rings. The molecule has 0 aliphatic rings. The third-order valence-corrected chi connectivity index (χ3v) is 2.76. The van der Waals surface area contributed by atoms with Crippen LogP contribution in [0.5, 0.6) is 0 Å². The minimum absolute atomic E-state index is 0.451. The summed E-state index contributed by atoms with van der Waals surface area (Å²) in [6, 6.07) is -0.533. The highest BCUT2D eigenvalue weighted by molar-refractivity contribution is 5.71. The quantitative estimate of drug-likeness (QED) is 0.697. The lowest BCUT2D eigenvalue weighted by atomic mass is 10.3. The molecule has 102 valence electrons. The number of aryl methyl sites for hydroxylation is 2. The molecule has 19 heavy (non-hydrogen) atoms. The van der Waals surface area contributed by atoms with E-state index in [0.29, 0.717) is 19.5 Å². The number of imidazole rings is 1. The first kappa shape index (κ1) is 13.1. The van der Waals surface area contributed by atoms with Crippen molar-refractivity contribution in [2.24, 2.45) is 5.73 Å². The van der Waals surface area contributed by atoms with Crippen LogP contribution in [0.3, 0.4) is 0 Å². The van der Waals surface area contributed by atoms with Crippen molar-refractivity contribution in [3.63, 3.8) is 0 Å². The molecule has 0 aromatic carbocycles. The predicted molar refractivity (Wildman–Crippen MR) is 68.5 cm³/mol. The number of H-pyrrole nitrogens is 1. The Morgan fingerprint density at radius 2 is 2.32 bits per heavy atom. The zero-order valence-electron chi connectivity index (χ0n) is 11.0. The van der Waals surface area contributed by atoms with Gasteiger partial charge in [-0.2, -0.15) is 0 Å². The molecule has 2 aromatic heterocycles. The first-order valence-corrected chi connectivity index (χ1v) is 5.99. The van der Waals surface area contributed by atoms with Gasteiger partial charge in [-0.05, 0) is 13.8 Å². The van der Waals surface area contributed by atoms with Gasteiger partial charge in [-0.3, -0.25) is 0 Å². The van der Waals surface area contributed by atoms with Gasteiger partial charge in [0, 0.05) is 24.9 Å². The summed E-state index contributed by atoms with van der Waals surface area (Å²) < 4.78 is 1.71. The van der Waals surface area contributed by atoms with Crippen LogP contribution in [0.4, 0.5) is 4.79 Å². The van der Waals surface area contributed by atoms with Crippen LogP contribution in [0.1, 0.15) is 22.9 Å². The smallest absolute Gasteiger partial charge is 0.312 e. The second kappa shape index (κ2) is 5.51. The number of carbonyl (C=O) groups excluding carboxylic acids is 1. The summed E-state index contributed by atoms with van der Waals surface area (Å²) in [5.41, 5.74) is 7.82. The minimum atomic E-state index is -0.533. The van der Waals surface area contributed by atoms with Crippen LogP contribution in [0.25, 0.3) is 0 Å². The number of aromatic amines is 1. The first-order chi connectivity index (χ1) is 9.04. The molecule has 0 saturated carbocycles. The van der Waals surface area contributed by atoms with Gasteiger partial charge in [-0.1, -0.05) is 5.21 Å². The molecule has 0 aliphatic heterocycles. The number of rotatable bonds is 5. The fourth-order valence-electron chi connectivity index (χ4n) is 1.69. The van der Waals surface area contributed by atoms with E-state index in [4.69, 9.17) is 5.73 Å². The standard InChI is InChI=1S/C11H17N7O/c1-7-8(2)15-10(14-7)6-18-5-9(16-17-18)3-4-13-11(12)19/h5H,3-4,6H2,1-2H3,(H,14,15)(H3,12,13,19). The van der Waals surface area contributed by atoms with Gasteiger partial charge in [0.2, 0.25) is 0 Å². The Labute approximate surface area is 110 Å². The summed E-state index contributed by atoms with van der Waals surface area (Å²) >= 11 is 0. The molecule has 4 N–H and O–H groups in total. The third-order valence-electron chi connectivity index (χ3n) is 2.76. The Morgan fingerprint density at radius 3 is 2.95 bits per heavy atom. The molecule has 2 heterocycles. The van der Waals surface area contributed by atoms with Crippen LogP contribution >= 0.6 is 0 Å². The molecule has 0 unspecified atom stereocenters. The van der Waals surface area contributed by atoms with Gasteiger partial charge in [-0.25, -0.2) is 14.5 Å². The normalized spacial score (nSPS) is 10.6. The number of carbonyl (C=O) groups is 1. The SMILES string of the molecule is Cc1nc(Cn2cc(CCNC(N)=O)nn2)[nH]c1C. The van der Waals surface area contributed by atoms with Gasteiger partial charge in [0.15, 0.2) is 0 Å². The van der Waals surface area contributed by atoms with Crippen molar-refractivity contribution >= 4 is 6.03 Å². The van der Waals surface area contributed by atoms with Crippen LogP contribution in [-0.4, -0.2) is 37.5 Å². The topological polar surface area (TPSA) is 115 Å². The molecule has 0 radical (unpaired) electrons. The Kier molecular flexibility index (Phi) is 3.79. The molecule has 8 heteroatoms. The van der Waals surface area contributed by atoms with Crippen LogP contribution in [0.2, 0.25) is 0 Å². The monoisotopic (exact) mass is 263 g/mol. The van der Waals surface area contributed by atoms with E-state index < -0.39 is 6.03 Å². The average Bonchev–Trinajstić information content (AvgIpc) is 2.87. The van der Waals surface area contributed by atoms with Gasteiger partial charge in [0.05, 0.1) is 11.4 Å². The van der Waals surface area contributed by atoms with Crippen LogP contribution < -0.4 is 11.1 Å². The fraction of sp³-hybridized carbons (Fsp3) is 0.455. The van der Waals surface area contributed by atoms with E-state index in [1.165, 1.54) is 0 Å². The van der Waals surface area contributed by atoms with E-state index in [1.807, 2.05) is 20.0 Å². The second-order valence-electron chi connectivity index (χ2n) is 4.34. The van der Waals surface area contributed by atoms with E-state index in [9.17, 15) is 4.79 Å². The minimum Gasteiger partial charge on any atom is -0.352 e. The van der Waals surface area contributed by atoms with Crippen LogP contribution in [0, 0.1) is 13.8 Å². The van der Waals surface area contributed by atoms with Crippen molar-refractivity contribution in [1.82, 2.24) is 30.3 Å². The van der Waals surface area contributed by atoms with Crippen molar-refractivity contribution < 1.29 is 4.79 Å². The lowest BCUT2D eigenvalue weighted by Crippen LogP contribution is -2.30. The zero-order chi connectivity index (χ0) is 13.8. The number of aromatic nitrogens is 5. The Balaban J connectivity index is 1.91. The van der Waals surface area contributed by atoms with E-state index >= 15 is 0 Å². The lowest BCUT2D eigenvalue weighted by molar-refractivity contribution is 0.249. The molecule has 0 saturated heterocycles. The Bertz CT molecular complexity index is 552. The number of nitrogens with two attached hydrogens (primary N) is 1. The van der Waals surface area contributed by atoms with E-state index in [2.05, 4.69) is 25.6 Å². The summed E-state index contributed by atoms with van der Waals surface area (Å²) in [5.74, 6) is 0.849. The molecule has 0 aliphatic carbocycles. The van der Waals surface area contributed by atoms with E-state index in [1.54, 1.807) is 4.68 Å². The number of hydrogen-bond acceptors (Lipinski definition) is 4. The average molecular weight is 263 g/mol. The summed E-state index contributed by atoms with van der Waals surface area (Å²) in [6.45, 7) is 4.93. The van der Waals surface area contributed by atoms with Crippen LogP contribution in [0.15, 0.2) is 6.20 Å². The number of amides is 2. The Hall–Kier alpha value is -2.38. The van der Waals surface area contributed by atoms with Gasteiger partial charge >= 0.3 is 6.03 Å². The largest absolute Gasteiger partial charge is 0.352 e. The molecule has 0 atom stereocenters. The van der Waals surface area contributed by atoms with Crippen molar-refractivity contribution in [3.05, 3.63) is 29.1 Å². The highest BCUT2D eigenvalue weighted by Gasteiger charge is 2.06. The predicted octanol–water partition coefficient (Wildman–Crippen LogP) is -0.123. The second-order valence-corrected chi connectivity index (χ2v) is 4.34. The van der Waals surface area contributed by atoms with Crippen molar-refractivity contribution in [1.29, 1.82) is 0 Å². The third kappa shape index (κ3) is 3.54. The summed E-state index contributed by atoms with van der Waals surface area (Å²) in [5, 5.41) is 10.5. The first-order valence-electron chi connectivity index (χ1n) is 5.99. The zero-order valence-corrected chi connectivity index (χ0v) is 11.0. The van der Waals surface area contributed by atoms with E-state index in [0.717, 1.165) is 22.9 Å².